The van der Waals surface area contributed by atoms with E-state index in [0.717, 1.165) is 6.42 Å². The summed E-state index contributed by atoms with van der Waals surface area (Å²) in [6.07, 6.45) is 1.44. The maximum absolute atomic E-state index is 12.7. The minimum Gasteiger partial charge on any atom is -0.444 e. The van der Waals surface area contributed by atoms with Crippen molar-refractivity contribution < 1.29 is 14.3 Å². The molecule has 0 bridgehead atoms. The van der Waals surface area contributed by atoms with Crippen LogP contribution < -0.4 is 5.32 Å². The SMILES string of the molecule is CC(C)C[C@H](NC(=O)OC(C)(C)C)C(=O)N1CCC[C@H]1C#N. The number of amides is 2. The minimum absolute atomic E-state index is 0.191. The number of ether oxygens (including phenoxy) is 1. The summed E-state index contributed by atoms with van der Waals surface area (Å²) in [5, 5.41) is 11.8. The molecular formula is C16H27N3O3. The van der Waals surface area contributed by atoms with Crippen molar-refractivity contribution in [2.45, 2.75) is 71.6 Å². The molecule has 6 heteroatoms. The summed E-state index contributed by atoms with van der Waals surface area (Å²) in [4.78, 5) is 26.2. The second kappa shape index (κ2) is 7.48. The van der Waals surface area contributed by atoms with Crippen molar-refractivity contribution in [1.82, 2.24) is 10.2 Å². The molecule has 1 aliphatic rings. The molecule has 0 saturated carbocycles. The van der Waals surface area contributed by atoms with Crippen LogP contribution in [0, 0.1) is 17.2 Å². The van der Waals surface area contributed by atoms with E-state index in [1.807, 2.05) is 13.8 Å². The zero-order valence-corrected chi connectivity index (χ0v) is 14.2. The summed E-state index contributed by atoms with van der Waals surface area (Å²) in [6, 6.07) is 1.12. The van der Waals surface area contributed by atoms with Crippen LogP contribution in [0.4, 0.5) is 4.79 Å². The molecule has 0 aromatic heterocycles. The molecule has 0 aromatic rings. The molecule has 0 aliphatic carbocycles. The van der Waals surface area contributed by atoms with Crippen molar-refractivity contribution in [3.8, 4) is 6.07 Å². The summed E-state index contributed by atoms with van der Waals surface area (Å²) < 4.78 is 5.23. The standard InChI is InChI=1S/C16H27N3O3/c1-11(2)9-13(18-15(21)22-16(3,4)5)14(20)19-8-6-7-12(19)10-17/h11-13H,6-9H2,1-5H3,(H,18,21)/t12-,13-/m0/s1. The van der Waals surface area contributed by atoms with E-state index in [0.29, 0.717) is 19.4 Å². The molecule has 2 amide bonds. The summed E-state index contributed by atoms with van der Waals surface area (Å²) in [5.41, 5.74) is -0.613. The zero-order valence-electron chi connectivity index (χ0n) is 14.2. The van der Waals surface area contributed by atoms with Gasteiger partial charge in [0.05, 0.1) is 6.07 Å². The van der Waals surface area contributed by atoms with Gasteiger partial charge in [-0.05, 0) is 46.0 Å². The van der Waals surface area contributed by atoms with Crippen LogP contribution in [-0.4, -0.2) is 41.1 Å². The lowest BCUT2D eigenvalue weighted by atomic mass is 10.0. The second-order valence-electron chi connectivity index (χ2n) is 7.15. The van der Waals surface area contributed by atoms with Gasteiger partial charge in [0.25, 0.3) is 0 Å². The van der Waals surface area contributed by atoms with Crippen molar-refractivity contribution >= 4 is 12.0 Å². The fraction of sp³-hybridized carbons (Fsp3) is 0.812. The fourth-order valence-corrected chi connectivity index (χ4v) is 2.51. The van der Waals surface area contributed by atoms with Crippen molar-refractivity contribution in [3.63, 3.8) is 0 Å². The Morgan fingerprint density at radius 1 is 1.41 bits per heavy atom. The number of carbonyl (C=O) groups excluding carboxylic acids is 2. The lowest BCUT2D eigenvalue weighted by molar-refractivity contribution is -0.133. The maximum atomic E-state index is 12.7. The number of hydrogen-bond donors (Lipinski definition) is 1. The van der Waals surface area contributed by atoms with Crippen LogP contribution in [0.5, 0.6) is 0 Å². The number of nitriles is 1. The lowest BCUT2D eigenvalue weighted by Gasteiger charge is -2.28. The van der Waals surface area contributed by atoms with E-state index in [4.69, 9.17) is 10.00 Å². The van der Waals surface area contributed by atoms with E-state index < -0.39 is 17.7 Å². The molecule has 1 rings (SSSR count). The lowest BCUT2D eigenvalue weighted by Crippen LogP contribution is -2.51. The van der Waals surface area contributed by atoms with Crippen LogP contribution in [0.2, 0.25) is 0 Å². The van der Waals surface area contributed by atoms with Crippen molar-refractivity contribution in [2.24, 2.45) is 5.92 Å². The number of rotatable bonds is 4. The average molecular weight is 309 g/mol. The summed E-state index contributed by atoms with van der Waals surface area (Å²) >= 11 is 0. The number of carbonyl (C=O) groups is 2. The third kappa shape index (κ3) is 5.55. The Kier molecular flexibility index (Phi) is 6.21. The molecule has 1 N–H and O–H groups in total. The Balaban J connectivity index is 2.77. The van der Waals surface area contributed by atoms with E-state index in [9.17, 15) is 9.59 Å². The molecule has 1 saturated heterocycles. The van der Waals surface area contributed by atoms with Gasteiger partial charge >= 0.3 is 6.09 Å². The highest BCUT2D eigenvalue weighted by Crippen LogP contribution is 2.19. The topological polar surface area (TPSA) is 82.4 Å². The Bertz CT molecular complexity index is 449. The molecule has 0 unspecified atom stereocenters. The van der Waals surface area contributed by atoms with E-state index in [1.54, 1.807) is 25.7 Å². The van der Waals surface area contributed by atoms with Crippen LogP contribution in [-0.2, 0) is 9.53 Å². The molecule has 0 aromatic carbocycles. The summed E-state index contributed by atoms with van der Waals surface area (Å²) in [5.74, 6) is 0.0515. The van der Waals surface area contributed by atoms with Gasteiger partial charge in [0.1, 0.15) is 17.7 Å². The first-order valence-corrected chi connectivity index (χ1v) is 7.83. The third-order valence-electron chi connectivity index (χ3n) is 3.38. The fourth-order valence-electron chi connectivity index (χ4n) is 2.51. The molecule has 1 fully saturated rings. The van der Waals surface area contributed by atoms with Crippen LogP contribution in [0.25, 0.3) is 0 Å². The highest BCUT2D eigenvalue weighted by atomic mass is 16.6. The number of likely N-dealkylation sites (tertiary alicyclic amines) is 1. The van der Waals surface area contributed by atoms with Gasteiger partial charge in [-0.15, -0.1) is 0 Å². The Labute approximate surface area is 132 Å². The molecular weight excluding hydrogens is 282 g/mol. The molecule has 22 heavy (non-hydrogen) atoms. The summed E-state index contributed by atoms with van der Waals surface area (Å²) in [6.45, 7) is 9.88. The zero-order chi connectivity index (χ0) is 16.9. The highest BCUT2D eigenvalue weighted by molar-refractivity contribution is 5.86. The quantitative estimate of drug-likeness (QED) is 0.864. The van der Waals surface area contributed by atoms with Gasteiger partial charge < -0.3 is 15.0 Å². The number of nitrogens with zero attached hydrogens (tertiary/aromatic N) is 2. The number of alkyl carbamates (subject to hydrolysis) is 1. The minimum atomic E-state index is -0.649. The Morgan fingerprint density at radius 2 is 2.05 bits per heavy atom. The Morgan fingerprint density at radius 3 is 2.55 bits per heavy atom. The average Bonchev–Trinajstić information content (AvgIpc) is 2.82. The number of nitrogens with one attached hydrogen (secondary N) is 1. The first-order valence-electron chi connectivity index (χ1n) is 7.83. The van der Waals surface area contributed by atoms with Crippen LogP contribution in [0.3, 0.4) is 0 Å². The van der Waals surface area contributed by atoms with Crippen LogP contribution in [0.15, 0.2) is 0 Å². The largest absolute Gasteiger partial charge is 0.444 e. The predicted molar refractivity (Wildman–Crippen MR) is 83.0 cm³/mol. The summed E-state index contributed by atoms with van der Waals surface area (Å²) in [7, 11) is 0. The third-order valence-corrected chi connectivity index (χ3v) is 3.38. The molecule has 6 nitrogen and oxygen atoms in total. The normalized spacial score (nSPS) is 19.7. The molecule has 0 spiro atoms. The van der Waals surface area contributed by atoms with Crippen molar-refractivity contribution in [2.75, 3.05) is 6.54 Å². The first kappa shape index (κ1) is 18.3. The first-order chi connectivity index (χ1) is 10.1. The second-order valence-corrected chi connectivity index (χ2v) is 7.15. The molecule has 1 aliphatic heterocycles. The van der Waals surface area contributed by atoms with Gasteiger partial charge in [-0.25, -0.2) is 4.79 Å². The number of hydrogen-bond acceptors (Lipinski definition) is 4. The van der Waals surface area contributed by atoms with Crippen LogP contribution >= 0.6 is 0 Å². The maximum Gasteiger partial charge on any atom is 0.408 e. The van der Waals surface area contributed by atoms with Gasteiger partial charge in [0.2, 0.25) is 5.91 Å². The predicted octanol–water partition coefficient (Wildman–Crippen LogP) is 2.44. The molecule has 2 atom stereocenters. The van der Waals surface area contributed by atoms with Gasteiger partial charge in [0.15, 0.2) is 0 Å². The molecule has 1 heterocycles. The van der Waals surface area contributed by atoms with E-state index >= 15 is 0 Å². The van der Waals surface area contributed by atoms with E-state index in [-0.39, 0.29) is 17.9 Å². The Hall–Kier alpha value is -1.77. The molecule has 124 valence electrons. The smallest absolute Gasteiger partial charge is 0.408 e. The molecule has 0 radical (unpaired) electrons. The van der Waals surface area contributed by atoms with Gasteiger partial charge in [-0.2, -0.15) is 5.26 Å². The van der Waals surface area contributed by atoms with Gasteiger partial charge in [-0.1, -0.05) is 13.8 Å². The highest BCUT2D eigenvalue weighted by Gasteiger charge is 2.34. The van der Waals surface area contributed by atoms with Crippen LogP contribution in [0.1, 0.15) is 53.9 Å². The monoisotopic (exact) mass is 309 g/mol. The van der Waals surface area contributed by atoms with E-state index in [1.165, 1.54) is 0 Å². The van der Waals surface area contributed by atoms with Crippen molar-refractivity contribution in [3.05, 3.63) is 0 Å². The van der Waals surface area contributed by atoms with Crippen molar-refractivity contribution in [1.29, 1.82) is 5.26 Å². The van der Waals surface area contributed by atoms with Gasteiger partial charge in [-0.3, -0.25) is 4.79 Å². The van der Waals surface area contributed by atoms with E-state index in [2.05, 4.69) is 11.4 Å². The van der Waals surface area contributed by atoms with Gasteiger partial charge in [0, 0.05) is 6.54 Å².